The molecule has 2 heterocycles. The van der Waals surface area contributed by atoms with Crippen molar-refractivity contribution in [3.8, 4) is 22.8 Å². The molecule has 0 saturated carbocycles. The molecule has 5 aromatic rings. The second-order valence-corrected chi connectivity index (χ2v) is 8.27. The van der Waals surface area contributed by atoms with E-state index in [2.05, 4.69) is 36.3 Å². The minimum atomic E-state index is -0.289. The first-order valence-electron chi connectivity index (χ1n) is 10.3. The first kappa shape index (κ1) is 20.2. The van der Waals surface area contributed by atoms with Crippen molar-refractivity contribution in [2.75, 3.05) is 0 Å². The van der Waals surface area contributed by atoms with Crippen LogP contribution in [0, 0.1) is 0 Å². The molecule has 0 fully saturated rings. The van der Waals surface area contributed by atoms with Gasteiger partial charge in [-0.15, -0.1) is 5.10 Å². The van der Waals surface area contributed by atoms with E-state index in [1.807, 2.05) is 42.5 Å². The van der Waals surface area contributed by atoms with Crippen LogP contribution in [-0.4, -0.2) is 24.5 Å². The molecule has 158 valence electrons. The Balaban J connectivity index is 1.81. The summed E-state index contributed by atoms with van der Waals surface area (Å²) in [5.74, 6) is 0.918. The second-order valence-electron chi connectivity index (χ2n) is 7.84. The van der Waals surface area contributed by atoms with Gasteiger partial charge >= 0.3 is 0 Å². The van der Waals surface area contributed by atoms with Crippen molar-refractivity contribution < 1.29 is 0 Å². The number of benzene rings is 3. The van der Waals surface area contributed by atoms with E-state index in [0.717, 1.165) is 11.3 Å². The van der Waals surface area contributed by atoms with Crippen molar-refractivity contribution in [1.82, 2.24) is 24.5 Å². The summed E-state index contributed by atoms with van der Waals surface area (Å²) in [7, 11) is 0. The van der Waals surface area contributed by atoms with Crippen LogP contribution in [0.1, 0.15) is 25.3 Å². The van der Waals surface area contributed by atoms with Gasteiger partial charge in [0.25, 0.3) is 5.56 Å². The van der Waals surface area contributed by atoms with Crippen molar-refractivity contribution in [2.45, 2.75) is 19.8 Å². The SMILES string of the molecule is CC(C)c1ccc(-c2nc3c(nnn3-c3ccccc3)c(=O)n2-c2ccc(Cl)cc2)cc1. The fourth-order valence-electron chi connectivity index (χ4n) is 3.65. The summed E-state index contributed by atoms with van der Waals surface area (Å²) in [6, 6.07) is 24.7. The predicted octanol–water partition coefficient (Wildman–Crippen LogP) is 5.41. The van der Waals surface area contributed by atoms with Gasteiger partial charge < -0.3 is 0 Å². The molecule has 3 aromatic carbocycles. The molecule has 7 heteroatoms. The molecular formula is C25H20ClN5O. The van der Waals surface area contributed by atoms with Crippen molar-refractivity contribution >= 4 is 22.8 Å². The lowest BCUT2D eigenvalue weighted by Crippen LogP contribution is -2.22. The quantitative estimate of drug-likeness (QED) is 0.374. The van der Waals surface area contributed by atoms with E-state index >= 15 is 0 Å². The lowest BCUT2D eigenvalue weighted by molar-refractivity contribution is 0.817. The molecule has 5 rings (SSSR count). The average molecular weight is 442 g/mol. The zero-order chi connectivity index (χ0) is 22.2. The van der Waals surface area contributed by atoms with Crippen LogP contribution in [0.4, 0.5) is 0 Å². The lowest BCUT2D eigenvalue weighted by atomic mass is 10.0. The number of nitrogens with zero attached hydrogens (tertiary/aromatic N) is 5. The molecule has 0 saturated heterocycles. The van der Waals surface area contributed by atoms with E-state index in [-0.39, 0.29) is 11.1 Å². The molecule has 0 aliphatic carbocycles. The molecule has 0 amide bonds. The number of rotatable bonds is 4. The minimum absolute atomic E-state index is 0.200. The minimum Gasteiger partial charge on any atom is -0.266 e. The van der Waals surface area contributed by atoms with Gasteiger partial charge in [-0.05, 0) is 47.9 Å². The molecule has 6 nitrogen and oxygen atoms in total. The van der Waals surface area contributed by atoms with Crippen molar-refractivity contribution in [1.29, 1.82) is 0 Å². The van der Waals surface area contributed by atoms with Gasteiger partial charge in [0.2, 0.25) is 0 Å². The highest BCUT2D eigenvalue weighted by molar-refractivity contribution is 6.30. The Morgan fingerprint density at radius 3 is 2.19 bits per heavy atom. The summed E-state index contributed by atoms with van der Waals surface area (Å²) in [6.45, 7) is 4.29. The smallest absolute Gasteiger partial charge is 0.266 e. The first-order valence-corrected chi connectivity index (χ1v) is 10.7. The van der Waals surface area contributed by atoms with Crippen LogP contribution in [0.3, 0.4) is 0 Å². The van der Waals surface area contributed by atoms with Crippen LogP contribution in [0.2, 0.25) is 5.02 Å². The zero-order valence-corrected chi connectivity index (χ0v) is 18.4. The molecule has 0 spiro atoms. The summed E-state index contributed by atoms with van der Waals surface area (Å²) >= 11 is 6.08. The molecule has 0 atom stereocenters. The molecular weight excluding hydrogens is 422 g/mol. The number of fused-ring (bicyclic) bond motifs is 1. The third kappa shape index (κ3) is 3.48. The van der Waals surface area contributed by atoms with E-state index in [9.17, 15) is 4.79 Å². The van der Waals surface area contributed by atoms with Crippen LogP contribution >= 0.6 is 11.6 Å². The van der Waals surface area contributed by atoms with Crippen LogP contribution in [0.25, 0.3) is 33.9 Å². The largest absolute Gasteiger partial charge is 0.288 e. The fourth-order valence-corrected chi connectivity index (χ4v) is 3.78. The normalized spacial score (nSPS) is 11.4. The maximum atomic E-state index is 13.6. The van der Waals surface area contributed by atoms with Gasteiger partial charge in [-0.1, -0.05) is 73.1 Å². The number of hydrogen-bond donors (Lipinski definition) is 0. The molecule has 32 heavy (non-hydrogen) atoms. The van der Waals surface area contributed by atoms with Gasteiger partial charge in [-0.25, -0.2) is 4.98 Å². The summed E-state index contributed by atoms with van der Waals surface area (Å²) in [6.07, 6.45) is 0. The Morgan fingerprint density at radius 2 is 1.53 bits per heavy atom. The number of para-hydroxylation sites is 1. The first-order chi connectivity index (χ1) is 15.5. The topological polar surface area (TPSA) is 65.6 Å². The summed E-state index contributed by atoms with van der Waals surface area (Å²) in [5, 5.41) is 8.97. The highest BCUT2D eigenvalue weighted by Gasteiger charge is 2.20. The molecule has 0 bridgehead atoms. The summed E-state index contributed by atoms with van der Waals surface area (Å²) < 4.78 is 3.15. The molecule has 0 N–H and O–H groups in total. The Labute approximate surface area is 189 Å². The third-order valence-electron chi connectivity index (χ3n) is 5.40. The van der Waals surface area contributed by atoms with E-state index in [4.69, 9.17) is 16.6 Å². The fraction of sp³-hybridized carbons (Fsp3) is 0.120. The molecule has 0 unspecified atom stereocenters. The van der Waals surface area contributed by atoms with Crippen LogP contribution < -0.4 is 5.56 Å². The van der Waals surface area contributed by atoms with Crippen LogP contribution in [-0.2, 0) is 0 Å². The molecule has 0 aliphatic heterocycles. The monoisotopic (exact) mass is 441 g/mol. The van der Waals surface area contributed by atoms with Gasteiger partial charge in [0.15, 0.2) is 11.2 Å². The number of hydrogen-bond acceptors (Lipinski definition) is 4. The third-order valence-corrected chi connectivity index (χ3v) is 5.65. The maximum absolute atomic E-state index is 13.6. The molecule has 0 aliphatic rings. The highest BCUT2D eigenvalue weighted by Crippen LogP contribution is 2.25. The van der Waals surface area contributed by atoms with Gasteiger partial charge in [0.1, 0.15) is 5.82 Å². The second kappa shape index (κ2) is 8.05. The average Bonchev–Trinajstić information content (AvgIpc) is 3.25. The summed E-state index contributed by atoms with van der Waals surface area (Å²) in [4.78, 5) is 18.5. The number of halogens is 1. The Kier molecular flexibility index (Phi) is 5.07. The highest BCUT2D eigenvalue weighted by atomic mass is 35.5. The van der Waals surface area contributed by atoms with E-state index < -0.39 is 0 Å². The Hall–Kier alpha value is -3.77. The van der Waals surface area contributed by atoms with E-state index in [0.29, 0.717) is 28.1 Å². The molecule has 2 aromatic heterocycles. The lowest BCUT2D eigenvalue weighted by Gasteiger charge is -2.14. The Morgan fingerprint density at radius 1 is 0.844 bits per heavy atom. The standard InChI is InChI=1S/C25H20ClN5O/c1-16(2)17-8-10-18(11-9-17)23-27-24-22(28-29-31(24)21-6-4-3-5-7-21)25(32)30(23)20-14-12-19(26)13-15-20/h3-16H,1-2H3. The van der Waals surface area contributed by atoms with E-state index in [1.54, 1.807) is 33.5 Å². The zero-order valence-electron chi connectivity index (χ0n) is 17.6. The number of aromatic nitrogens is 5. The predicted molar refractivity (Wildman–Crippen MR) is 127 cm³/mol. The van der Waals surface area contributed by atoms with Gasteiger partial charge in [0, 0.05) is 10.6 Å². The van der Waals surface area contributed by atoms with E-state index in [1.165, 1.54) is 5.56 Å². The maximum Gasteiger partial charge on any atom is 0.288 e. The van der Waals surface area contributed by atoms with Crippen molar-refractivity contribution in [2.24, 2.45) is 0 Å². The van der Waals surface area contributed by atoms with Crippen LogP contribution in [0.15, 0.2) is 83.7 Å². The van der Waals surface area contributed by atoms with Crippen LogP contribution in [0.5, 0.6) is 0 Å². The van der Waals surface area contributed by atoms with Gasteiger partial charge in [-0.3, -0.25) is 9.36 Å². The van der Waals surface area contributed by atoms with Gasteiger partial charge in [0.05, 0.1) is 11.4 Å². The van der Waals surface area contributed by atoms with Crippen molar-refractivity contribution in [3.05, 3.63) is 99.8 Å². The summed E-state index contributed by atoms with van der Waals surface area (Å²) in [5.41, 5.74) is 3.80. The van der Waals surface area contributed by atoms with Gasteiger partial charge in [-0.2, -0.15) is 4.68 Å². The van der Waals surface area contributed by atoms with Crippen molar-refractivity contribution in [3.63, 3.8) is 0 Å². The Bertz CT molecular complexity index is 1450. The molecule has 0 radical (unpaired) electrons.